The lowest BCUT2D eigenvalue weighted by atomic mass is 10.3. The van der Waals surface area contributed by atoms with E-state index >= 15 is 0 Å². The molecule has 0 radical (unpaired) electrons. The van der Waals surface area contributed by atoms with E-state index in [2.05, 4.69) is 41.8 Å². The first kappa shape index (κ1) is 12.8. The summed E-state index contributed by atoms with van der Waals surface area (Å²) in [4.78, 5) is 13.7. The molecule has 0 aromatic carbocycles. The topological polar surface area (TPSA) is 32.3 Å². The molecule has 0 atom stereocenters. The summed E-state index contributed by atoms with van der Waals surface area (Å²) in [6.07, 6.45) is 0. The zero-order chi connectivity index (χ0) is 12.3. The quantitative estimate of drug-likeness (QED) is 0.794. The van der Waals surface area contributed by atoms with Gasteiger partial charge in [0.25, 0.3) is 0 Å². The number of hydrogen-bond acceptors (Lipinski definition) is 4. The third-order valence-electron chi connectivity index (χ3n) is 3.05. The molecule has 0 saturated carbocycles. The molecule has 0 amide bonds. The van der Waals surface area contributed by atoms with Gasteiger partial charge in [-0.2, -0.15) is 0 Å². The Morgan fingerprint density at radius 1 is 1.18 bits per heavy atom. The fourth-order valence-electron chi connectivity index (χ4n) is 2.18. The van der Waals surface area contributed by atoms with E-state index in [1.54, 1.807) is 0 Å². The lowest BCUT2D eigenvalue weighted by molar-refractivity contribution is 0.273. The summed E-state index contributed by atoms with van der Waals surface area (Å²) >= 11 is 3.49. The normalized spacial score (nSPS) is 17.5. The first-order chi connectivity index (χ1) is 8.19. The van der Waals surface area contributed by atoms with Crippen molar-refractivity contribution in [3.8, 4) is 0 Å². The fraction of sp³-hybridized carbons (Fsp3) is 0.667. The molecule has 2 heterocycles. The largest absolute Gasteiger partial charge is 0.354 e. The van der Waals surface area contributed by atoms with E-state index in [0.29, 0.717) is 0 Å². The smallest absolute Gasteiger partial charge is 0.132 e. The highest BCUT2D eigenvalue weighted by Crippen LogP contribution is 2.14. The van der Waals surface area contributed by atoms with Gasteiger partial charge in [-0.3, -0.25) is 4.90 Å². The minimum absolute atomic E-state index is 0.864. The van der Waals surface area contributed by atoms with Crippen molar-refractivity contribution in [3.63, 3.8) is 0 Å². The number of halogens is 1. The highest BCUT2D eigenvalue weighted by atomic mass is 79.9. The van der Waals surface area contributed by atoms with Gasteiger partial charge >= 0.3 is 0 Å². The van der Waals surface area contributed by atoms with E-state index in [9.17, 15) is 0 Å². The van der Waals surface area contributed by atoms with E-state index in [1.165, 1.54) is 0 Å². The molecule has 1 saturated heterocycles. The van der Waals surface area contributed by atoms with E-state index in [4.69, 9.17) is 0 Å². The van der Waals surface area contributed by atoms with E-state index < -0.39 is 0 Å². The first-order valence-electron chi connectivity index (χ1n) is 6.04. The Balaban J connectivity index is 2.00. The number of aromatic nitrogens is 2. The Kier molecular flexibility index (Phi) is 4.34. The molecule has 1 aliphatic rings. The lowest BCUT2D eigenvalue weighted by Crippen LogP contribution is -2.47. The average Bonchev–Trinajstić information content (AvgIpc) is 2.29. The number of hydrogen-bond donors (Lipinski definition) is 0. The van der Waals surface area contributed by atoms with Crippen LogP contribution in [0.2, 0.25) is 0 Å². The summed E-state index contributed by atoms with van der Waals surface area (Å²) in [5.74, 6) is 1.94. The lowest BCUT2D eigenvalue weighted by Gasteiger charge is -2.35. The predicted octanol–water partition coefficient (Wildman–Crippen LogP) is 1.61. The maximum atomic E-state index is 4.52. The predicted molar refractivity (Wildman–Crippen MR) is 74.0 cm³/mol. The SMILES string of the molecule is Cc1cc(N2CCN(CCBr)CC2)nc(C)n1. The number of piperazine rings is 1. The standard InChI is InChI=1S/C12H19BrN4/c1-10-9-12(15-11(2)14-10)17-7-5-16(4-3-13)6-8-17/h9H,3-8H2,1-2H3. The molecule has 1 fully saturated rings. The average molecular weight is 299 g/mol. The number of alkyl halides is 1. The molecule has 0 N–H and O–H groups in total. The van der Waals surface area contributed by atoms with Crippen LogP contribution in [-0.4, -0.2) is 52.9 Å². The Morgan fingerprint density at radius 2 is 1.88 bits per heavy atom. The van der Waals surface area contributed by atoms with Crippen molar-refractivity contribution in [2.45, 2.75) is 13.8 Å². The van der Waals surface area contributed by atoms with Gasteiger partial charge in [-0.15, -0.1) is 0 Å². The Hall–Kier alpha value is -0.680. The fourth-order valence-corrected chi connectivity index (χ4v) is 2.68. The minimum atomic E-state index is 0.864. The first-order valence-corrected chi connectivity index (χ1v) is 7.17. The van der Waals surface area contributed by atoms with Gasteiger partial charge in [-0.05, 0) is 13.8 Å². The molecule has 1 aromatic heterocycles. The van der Waals surface area contributed by atoms with E-state index in [0.717, 1.165) is 55.4 Å². The van der Waals surface area contributed by atoms with Crippen molar-refractivity contribution in [1.82, 2.24) is 14.9 Å². The number of aryl methyl sites for hydroxylation is 2. The van der Waals surface area contributed by atoms with Crippen LogP contribution in [0.1, 0.15) is 11.5 Å². The van der Waals surface area contributed by atoms with E-state index in [-0.39, 0.29) is 0 Å². The third kappa shape index (κ3) is 3.39. The van der Waals surface area contributed by atoms with Crippen LogP contribution in [0.5, 0.6) is 0 Å². The zero-order valence-electron chi connectivity index (χ0n) is 10.5. The molecule has 0 aliphatic carbocycles. The molecule has 5 heteroatoms. The molecule has 1 aromatic rings. The Bertz CT molecular complexity index is 355. The molecule has 4 nitrogen and oxygen atoms in total. The zero-order valence-corrected chi connectivity index (χ0v) is 12.1. The maximum Gasteiger partial charge on any atom is 0.132 e. The van der Waals surface area contributed by atoms with Crippen molar-refractivity contribution in [2.24, 2.45) is 0 Å². The molecule has 0 unspecified atom stereocenters. The van der Waals surface area contributed by atoms with Crippen LogP contribution >= 0.6 is 15.9 Å². The molecular formula is C12H19BrN4. The van der Waals surface area contributed by atoms with Gasteiger partial charge in [0.05, 0.1) is 0 Å². The van der Waals surface area contributed by atoms with Gasteiger partial charge < -0.3 is 4.90 Å². The van der Waals surface area contributed by atoms with Gasteiger partial charge in [-0.25, -0.2) is 9.97 Å². The second-order valence-corrected chi connectivity index (χ2v) is 5.23. The van der Waals surface area contributed by atoms with Crippen LogP contribution in [-0.2, 0) is 0 Å². The van der Waals surface area contributed by atoms with Crippen LogP contribution in [0.4, 0.5) is 5.82 Å². The second kappa shape index (κ2) is 5.78. The Labute approximate surface area is 111 Å². The van der Waals surface area contributed by atoms with Crippen molar-refractivity contribution >= 4 is 21.7 Å². The molecule has 0 spiro atoms. The summed E-state index contributed by atoms with van der Waals surface area (Å²) in [5, 5.41) is 1.05. The summed E-state index contributed by atoms with van der Waals surface area (Å²) in [6, 6.07) is 2.08. The highest BCUT2D eigenvalue weighted by molar-refractivity contribution is 9.09. The minimum Gasteiger partial charge on any atom is -0.354 e. The van der Waals surface area contributed by atoms with Crippen molar-refractivity contribution in [2.75, 3.05) is 43.0 Å². The highest BCUT2D eigenvalue weighted by Gasteiger charge is 2.17. The summed E-state index contributed by atoms with van der Waals surface area (Å²) in [6.45, 7) is 9.47. The van der Waals surface area contributed by atoms with Gasteiger partial charge in [0.15, 0.2) is 0 Å². The molecular weight excluding hydrogens is 280 g/mol. The van der Waals surface area contributed by atoms with Crippen LogP contribution in [0, 0.1) is 13.8 Å². The summed E-state index contributed by atoms with van der Waals surface area (Å²) < 4.78 is 0. The third-order valence-corrected chi connectivity index (χ3v) is 3.40. The maximum absolute atomic E-state index is 4.52. The molecule has 17 heavy (non-hydrogen) atoms. The van der Waals surface area contributed by atoms with E-state index in [1.807, 2.05) is 13.8 Å². The molecule has 94 valence electrons. The van der Waals surface area contributed by atoms with Gasteiger partial charge in [0.1, 0.15) is 11.6 Å². The summed E-state index contributed by atoms with van der Waals surface area (Å²) in [7, 11) is 0. The van der Waals surface area contributed by atoms with Crippen LogP contribution in [0.15, 0.2) is 6.07 Å². The second-order valence-electron chi connectivity index (χ2n) is 4.43. The van der Waals surface area contributed by atoms with Crippen molar-refractivity contribution in [3.05, 3.63) is 17.6 Å². The molecule has 1 aliphatic heterocycles. The Morgan fingerprint density at radius 3 is 2.47 bits per heavy atom. The number of rotatable bonds is 3. The van der Waals surface area contributed by atoms with Crippen LogP contribution in [0.25, 0.3) is 0 Å². The molecule has 2 rings (SSSR count). The molecule has 0 bridgehead atoms. The van der Waals surface area contributed by atoms with Crippen molar-refractivity contribution in [1.29, 1.82) is 0 Å². The summed E-state index contributed by atoms with van der Waals surface area (Å²) in [5.41, 5.74) is 1.05. The number of anilines is 1. The van der Waals surface area contributed by atoms with Crippen molar-refractivity contribution < 1.29 is 0 Å². The monoisotopic (exact) mass is 298 g/mol. The van der Waals surface area contributed by atoms with Gasteiger partial charge in [0.2, 0.25) is 0 Å². The van der Waals surface area contributed by atoms with Gasteiger partial charge in [-0.1, -0.05) is 15.9 Å². The number of nitrogens with zero attached hydrogens (tertiary/aromatic N) is 4. The van der Waals surface area contributed by atoms with Crippen LogP contribution in [0.3, 0.4) is 0 Å². The van der Waals surface area contributed by atoms with Gasteiger partial charge in [0, 0.05) is 49.8 Å². The van der Waals surface area contributed by atoms with Crippen LogP contribution < -0.4 is 4.90 Å².